The van der Waals surface area contributed by atoms with E-state index in [4.69, 9.17) is 18.6 Å². The van der Waals surface area contributed by atoms with Gasteiger partial charge in [-0.1, -0.05) is 0 Å². The summed E-state index contributed by atoms with van der Waals surface area (Å²) in [6.07, 6.45) is 0. The lowest BCUT2D eigenvalue weighted by atomic mass is 15.9. The lowest BCUT2D eigenvalue weighted by molar-refractivity contribution is -1.27. The van der Waals surface area contributed by atoms with E-state index in [1.807, 2.05) is 0 Å². The molecule has 0 saturated heterocycles. The van der Waals surface area contributed by atoms with Gasteiger partial charge in [-0.15, -0.1) is 9.32 Å². The smallest absolute Gasteiger partial charge is 0.327 e. The van der Waals surface area contributed by atoms with Crippen LogP contribution in [0.1, 0.15) is 0 Å². The van der Waals surface area contributed by atoms with Gasteiger partial charge in [-0.05, 0) is 0 Å². The maximum atomic E-state index is 8.35. The second-order valence-electron chi connectivity index (χ2n) is 0.138. The highest BCUT2D eigenvalue weighted by Gasteiger charge is 1.47. The molecule has 0 unspecified atom stereocenters. The lowest BCUT2D eigenvalue weighted by Crippen LogP contribution is -1.94. The summed E-state index contributed by atoms with van der Waals surface area (Å²) < 4.78 is 30.4. The molecule has 0 radical (unpaired) electrons. The summed E-state index contributed by atoms with van der Waals surface area (Å²) in [4.78, 5) is 0. The van der Waals surface area contributed by atoms with Gasteiger partial charge in [-0.25, -0.2) is 0 Å². The monoisotopic (exact) mass is 170 g/mol. The Morgan fingerprint density at radius 1 is 1.00 bits per heavy atom. The molecule has 0 spiro atoms. The average Bonchev–Trinajstić information content (AvgIpc) is 1.39. The summed E-state index contributed by atoms with van der Waals surface area (Å²) >= 11 is -0.333. The third-order valence-corrected chi connectivity index (χ3v) is 0. The van der Waals surface area contributed by atoms with Crippen LogP contribution in [-0.4, -0.2) is 9.32 Å². The highest BCUT2D eigenvalue weighted by molar-refractivity contribution is 7.59. The molecule has 0 bridgehead atoms. The van der Waals surface area contributed by atoms with Gasteiger partial charge in [0, 0.05) is 0 Å². The summed E-state index contributed by atoms with van der Waals surface area (Å²) in [5.41, 5.74) is 0. The molecule has 0 heterocycles. The minimum Gasteiger partial charge on any atom is -0.506 e. The Balaban J connectivity index is -0.0000000400. The molecule has 2 N–H and O–H groups in total. The van der Waals surface area contributed by atoms with Gasteiger partial charge in [-0.3, -0.25) is 0 Å². The van der Waals surface area contributed by atoms with Crippen molar-refractivity contribution in [1.29, 1.82) is 0 Å². The molecular weight excluding hydrogens is 167 g/mol. The van der Waals surface area contributed by atoms with Crippen LogP contribution < -0.4 is 9.32 Å². The SMILES string of the molecule is S.[O-][Cl+]O.[O-][Cl+]O. The summed E-state index contributed by atoms with van der Waals surface area (Å²) in [7, 11) is 0. The van der Waals surface area contributed by atoms with E-state index in [1.165, 1.54) is 0 Å². The number of hydrogen-bond donors (Lipinski definition) is 2. The van der Waals surface area contributed by atoms with Gasteiger partial charge in [0.15, 0.2) is 0 Å². The molecule has 0 rings (SSSR count). The van der Waals surface area contributed by atoms with Gasteiger partial charge in [0.2, 0.25) is 0 Å². The van der Waals surface area contributed by atoms with Gasteiger partial charge >= 0.3 is 22.7 Å². The first kappa shape index (κ1) is 15.7. The zero-order chi connectivity index (χ0) is 5.41. The highest BCUT2D eigenvalue weighted by Crippen LogP contribution is 1.14. The van der Waals surface area contributed by atoms with Crippen molar-refractivity contribution in [3.05, 3.63) is 0 Å². The van der Waals surface area contributed by atoms with E-state index in [-0.39, 0.29) is 36.1 Å². The second-order valence-corrected chi connectivity index (χ2v) is 0.414. The van der Waals surface area contributed by atoms with Crippen molar-refractivity contribution in [2.24, 2.45) is 0 Å². The van der Waals surface area contributed by atoms with Gasteiger partial charge < -0.3 is 9.32 Å². The van der Waals surface area contributed by atoms with E-state index in [9.17, 15) is 0 Å². The molecule has 48 valence electrons. The van der Waals surface area contributed by atoms with E-state index >= 15 is 0 Å². The number of halogens is 2. The lowest BCUT2D eigenvalue weighted by Gasteiger charge is -1.46. The predicted octanol–water partition coefficient (Wildman–Crippen LogP) is -3.38. The fourth-order valence-electron chi connectivity index (χ4n) is 0. The van der Waals surface area contributed by atoms with E-state index in [1.54, 1.807) is 0 Å². The fraction of sp³-hybridized carbons (Fsp3) is 0. The van der Waals surface area contributed by atoms with Gasteiger partial charge in [0.1, 0.15) is 0 Å². The molecule has 7 heavy (non-hydrogen) atoms. The minimum atomic E-state index is -0.167. The maximum Gasteiger partial charge on any atom is 0.327 e. The summed E-state index contributed by atoms with van der Waals surface area (Å²) in [5.74, 6) is 0. The van der Waals surface area contributed by atoms with E-state index in [0.717, 1.165) is 0 Å². The zero-order valence-corrected chi connectivity index (χ0v) is 5.48. The third-order valence-electron chi connectivity index (χ3n) is 0. The molecule has 0 aliphatic heterocycles. The Labute approximate surface area is 55.4 Å². The van der Waals surface area contributed by atoms with Crippen LogP contribution in [0.4, 0.5) is 0 Å². The predicted molar refractivity (Wildman–Crippen MR) is 14.8 cm³/mol. The molecule has 0 saturated carbocycles. The normalized spacial score (nSPS) is 5.14. The first-order valence-corrected chi connectivity index (χ1v) is 1.94. The molecule has 4 nitrogen and oxygen atoms in total. The van der Waals surface area contributed by atoms with E-state index in [0.29, 0.717) is 0 Å². The Morgan fingerprint density at radius 2 is 1.00 bits per heavy atom. The Morgan fingerprint density at radius 3 is 1.00 bits per heavy atom. The highest BCUT2D eigenvalue weighted by atomic mass is 35.6. The zero-order valence-electron chi connectivity index (χ0n) is 2.97. The topological polar surface area (TPSA) is 86.6 Å². The molecule has 0 amide bonds. The fourth-order valence-corrected chi connectivity index (χ4v) is 0. The largest absolute Gasteiger partial charge is 0.506 e. The first-order valence-electron chi connectivity index (χ1n) is 0.647. The van der Waals surface area contributed by atoms with Crippen LogP contribution >= 0.6 is 13.5 Å². The van der Waals surface area contributed by atoms with Crippen molar-refractivity contribution in [2.75, 3.05) is 0 Å². The standard InChI is InChI=1S/2ClHO2.H2S/c2*2-1-3;/h2*2H;1H2. The Hall–Kier alpha value is 0.770. The van der Waals surface area contributed by atoms with Gasteiger partial charge in [0.25, 0.3) is 0 Å². The Bertz CT molecular complexity index is 11.7. The van der Waals surface area contributed by atoms with E-state index < -0.39 is 0 Å². The summed E-state index contributed by atoms with van der Waals surface area (Å²) in [6.45, 7) is 0. The van der Waals surface area contributed by atoms with Gasteiger partial charge in [0.05, 0.1) is 0 Å². The molecular formula is H4Cl2O4S. The Kier molecular flexibility index (Phi) is 65.7. The molecule has 0 aliphatic rings. The molecule has 0 aromatic rings. The summed E-state index contributed by atoms with van der Waals surface area (Å²) in [5, 5.41) is 0. The van der Waals surface area contributed by atoms with Crippen LogP contribution in [0, 0.1) is 22.7 Å². The van der Waals surface area contributed by atoms with Crippen LogP contribution in [0.25, 0.3) is 0 Å². The molecule has 0 aromatic heterocycles. The van der Waals surface area contributed by atoms with Crippen LogP contribution in [0.3, 0.4) is 0 Å². The van der Waals surface area contributed by atoms with Crippen LogP contribution in [0.15, 0.2) is 0 Å². The van der Waals surface area contributed by atoms with Crippen LogP contribution in [0.2, 0.25) is 0 Å². The summed E-state index contributed by atoms with van der Waals surface area (Å²) in [6, 6.07) is 0. The number of rotatable bonds is 0. The molecule has 0 aliphatic carbocycles. The minimum absolute atomic E-state index is 0. The van der Waals surface area contributed by atoms with Crippen molar-refractivity contribution >= 4 is 13.5 Å². The molecule has 7 heteroatoms. The molecule has 0 fully saturated rings. The van der Waals surface area contributed by atoms with Crippen molar-refractivity contribution in [2.45, 2.75) is 0 Å². The maximum absolute atomic E-state index is 8.35. The molecule has 0 aromatic carbocycles. The quantitative estimate of drug-likeness (QED) is 0.398. The van der Waals surface area contributed by atoms with Crippen molar-refractivity contribution in [3.8, 4) is 0 Å². The second kappa shape index (κ2) is 29.4. The first-order chi connectivity index (χ1) is 2.83. The molecule has 0 atom stereocenters. The van der Waals surface area contributed by atoms with Crippen molar-refractivity contribution in [1.82, 2.24) is 0 Å². The number of hydrogen-bond acceptors (Lipinski definition) is 4. The average molecular weight is 171 g/mol. The van der Waals surface area contributed by atoms with Crippen molar-refractivity contribution < 1.29 is 41.3 Å². The van der Waals surface area contributed by atoms with Crippen LogP contribution in [-0.2, 0) is 0 Å². The van der Waals surface area contributed by atoms with E-state index in [2.05, 4.69) is 0 Å². The van der Waals surface area contributed by atoms with Crippen molar-refractivity contribution in [3.63, 3.8) is 0 Å². The van der Waals surface area contributed by atoms with Crippen LogP contribution in [0.5, 0.6) is 0 Å². The van der Waals surface area contributed by atoms with Gasteiger partial charge in [-0.2, -0.15) is 13.5 Å². The third kappa shape index (κ3) is 260.